The summed E-state index contributed by atoms with van der Waals surface area (Å²) in [6, 6.07) is 26.1. The Morgan fingerprint density at radius 3 is 2.27 bits per heavy atom. The van der Waals surface area contributed by atoms with Crippen LogP contribution in [0.1, 0.15) is 11.5 Å². The third kappa shape index (κ3) is 3.93. The monoisotopic (exact) mass is 490 g/mol. The maximum Gasteiger partial charge on any atom is 0.355 e. The van der Waals surface area contributed by atoms with Crippen molar-refractivity contribution in [2.75, 3.05) is 19.1 Å². The van der Waals surface area contributed by atoms with E-state index in [-0.39, 0.29) is 22.7 Å². The predicted molar refractivity (Wildman–Crippen MR) is 139 cm³/mol. The van der Waals surface area contributed by atoms with Crippen LogP contribution in [0, 0.1) is 11.3 Å². The molecule has 1 aromatic heterocycles. The summed E-state index contributed by atoms with van der Waals surface area (Å²) in [5, 5.41) is 11.9. The van der Waals surface area contributed by atoms with E-state index >= 15 is 0 Å². The van der Waals surface area contributed by atoms with Gasteiger partial charge in [-0.3, -0.25) is 4.90 Å². The molecule has 37 heavy (non-hydrogen) atoms. The Balaban J connectivity index is 1.80. The summed E-state index contributed by atoms with van der Waals surface area (Å²) in [6.45, 7) is 0. The van der Waals surface area contributed by atoms with Crippen LogP contribution in [-0.2, 0) is 19.1 Å². The van der Waals surface area contributed by atoms with Crippen LogP contribution in [0.4, 0.5) is 5.69 Å². The molecule has 8 nitrogen and oxygen atoms in total. The smallest absolute Gasteiger partial charge is 0.355 e. The number of benzene rings is 3. The molecule has 0 radical (unpaired) electrons. The molecule has 1 aliphatic heterocycles. The Bertz CT molecular complexity index is 1670. The zero-order valence-electron chi connectivity index (χ0n) is 20.1. The van der Waals surface area contributed by atoms with Gasteiger partial charge >= 0.3 is 11.9 Å². The molecule has 182 valence electrons. The number of fused-ring (bicyclic) bond motifs is 2. The van der Waals surface area contributed by atoms with Gasteiger partial charge in [-0.15, -0.1) is 0 Å². The molecule has 4 aromatic rings. The molecule has 1 aliphatic rings. The zero-order chi connectivity index (χ0) is 26.1. The molecule has 8 heteroatoms. The first-order valence-corrected chi connectivity index (χ1v) is 11.4. The standard InChI is InChI=1S/C29H22N4O4/c1-36-28(34)25-24(17-8-4-3-5-9-17)21(16-30)27(31)33(26(25)29(35)37-2)20-12-13-23-19(15-20)14-18-10-6-7-11-22(18)32-23/h3-15,24H,31H2,1-2H3. The van der Waals surface area contributed by atoms with Crippen LogP contribution >= 0.6 is 0 Å². The summed E-state index contributed by atoms with van der Waals surface area (Å²) in [6.07, 6.45) is 0. The van der Waals surface area contributed by atoms with Crippen LogP contribution in [0.25, 0.3) is 21.8 Å². The summed E-state index contributed by atoms with van der Waals surface area (Å²) in [5.74, 6) is -2.47. The predicted octanol–water partition coefficient (Wildman–Crippen LogP) is 4.29. The maximum absolute atomic E-state index is 13.2. The molecular formula is C29H22N4O4. The summed E-state index contributed by atoms with van der Waals surface area (Å²) >= 11 is 0. The van der Waals surface area contributed by atoms with E-state index in [0.29, 0.717) is 11.3 Å². The first-order valence-electron chi connectivity index (χ1n) is 11.4. The third-order valence-corrected chi connectivity index (χ3v) is 6.37. The van der Waals surface area contributed by atoms with E-state index in [2.05, 4.69) is 6.07 Å². The topological polar surface area (TPSA) is 119 Å². The van der Waals surface area contributed by atoms with E-state index in [4.69, 9.17) is 20.2 Å². The number of ether oxygens (including phenoxy) is 2. The number of rotatable bonds is 4. The quantitative estimate of drug-likeness (QED) is 0.333. The number of esters is 2. The Morgan fingerprint density at radius 2 is 1.57 bits per heavy atom. The largest absolute Gasteiger partial charge is 0.466 e. The van der Waals surface area contributed by atoms with Crippen molar-refractivity contribution in [3.63, 3.8) is 0 Å². The number of para-hydroxylation sites is 1. The van der Waals surface area contributed by atoms with Gasteiger partial charge in [-0.2, -0.15) is 5.26 Å². The lowest BCUT2D eigenvalue weighted by molar-refractivity contribution is -0.139. The Hall–Kier alpha value is -5.16. The highest BCUT2D eigenvalue weighted by atomic mass is 16.5. The van der Waals surface area contributed by atoms with E-state index in [0.717, 1.165) is 21.8 Å². The van der Waals surface area contributed by atoms with Gasteiger partial charge in [0.2, 0.25) is 0 Å². The molecule has 2 heterocycles. The van der Waals surface area contributed by atoms with E-state index in [1.807, 2.05) is 36.4 Å². The minimum Gasteiger partial charge on any atom is -0.466 e. The van der Waals surface area contributed by atoms with Crippen molar-refractivity contribution in [1.82, 2.24) is 4.98 Å². The lowest BCUT2D eigenvalue weighted by atomic mass is 9.81. The molecule has 1 atom stereocenters. The second-order valence-electron chi connectivity index (χ2n) is 8.39. The molecule has 1 unspecified atom stereocenters. The Morgan fingerprint density at radius 1 is 0.892 bits per heavy atom. The summed E-state index contributed by atoms with van der Waals surface area (Å²) in [4.78, 5) is 32.5. The average molecular weight is 491 g/mol. The maximum atomic E-state index is 13.2. The second-order valence-corrected chi connectivity index (χ2v) is 8.39. The first-order chi connectivity index (χ1) is 18.0. The van der Waals surface area contributed by atoms with Gasteiger partial charge in [0.15, 0.2) is 0 Å². The Kier molecular flexibility index (Phi) is 6.04. The highest BCUT2D eigenvalue weighted by Gasteiger charge is 2.43. The van der Waals surface area contributed by atoms with Gasteiger partial charge in [0.05, 0.1) is 48.4 Å². The second kappa shape index (κ2) is 9.47. The molecule has 0 saturated carbocycles. The number of nitriles is 1. The van der Waals surface area contributed by atoms with Crippen molar-refractivity contribution >= 4 is 39.4 Å². The molecule has 0 fully saturated rings. The van der Waals surface area contributed by atoms with Crippen molar-refractivity contribution in [3.05, 3.63) is 107 Å². The molecule has 0 spiro atoms. The number of anilines is 1. The highest BCUT2D eigenvalue weighted by Crippen LogP contribution is 2.43. The molecule has 0 amide bonds. The number of aromatic nitrogens is 1. The summed E-state index contributed by atoms with van der Waals surface area (Å²) in [5.41, 5.74) is 9.19. The number of nitrogens with zero attached hydrogens (tertiary/aromatic N) is 3. The molecule has 0 bridgehead atoms. The fourth-order valence-corrected chi connectivity index (χ4v) is 4.69. The van der Waals surface area contributed by atoms with Gasteiger partial charge in [-0.05, 0) is 35.9 Å². The van der Waals surface area contributed by atoms with Crippen molar-refractivity contribution < 1.29 is 19.1 Å². The number of carbonyl (C=O) groups excluding carboxylic acids is 2. The minimum atomic E-state index is -0.921. The SMILES string of the molecule is COC(=O)C1=C(C(=O)OC)N(c2ccc3nc4ccccc4cc3c2)C(N)=C(C#N)C1c1ccccc1. The molecule has 2 N–H and O–H groups in total. The van der Waals surface area contributed by atoms with E-state index < -0.39 is 17.9 Å². The summed E-state index contributed by atoms with van der Waals surface area (Å²) < 4.78 is 10.2. The molecular weight excluding hydrogens is 468 g/mol. The number of allylic oxidation sites excluding steroid dienone is 1. The van der Waals surface area contributed by atoms with Crippen LogP contribution in [0.15, 0.2) is 102 Å². The number of nitrogens with two attached hydrogens (primary N) is 1. The minimum absolute atomic E-state index is 0.0116. The van der Waals surface area contributed by atoms with Gasteiger partial charge in [-0.1, -0.05) is 48.5 Å². The van der Waals surface area contributed by atoms with Crippen molar-refractivity contribution in [2.24, 2.45) is 5.73 Å². The average Bonchev–Trinajstić information content (AvgIpc) is 2.94. The molecule has 5 rings (SSSR count). The van der Waals surface area contributed by atoms with E-state index in [1.165, 1.54) is 19.1 Å². The van der Waals surface area contributed by atoms with Crippen LogP contribution in [-0.4, -0.2) is 31.1 Å². The van der Waals surface area contributed by atoms with Gasteiger partial charge in [0.1, 0.15) is 11.5 Å². The van der Waals surface area contributed by atoms with Gasteiger partial charge in [0, 0.05) is 16.5 Å². The number of hydrogen-bond acceptors (Lipinski definition) is 8. The van der Waals surface area contributed by atoms with Crippen LogP contribution in [0.3, 0.4) is 0 Å². The van der Waals surface area contributed by atoms with Crippen LogP contribution in [0.5, 0.6) is 0 Å². The highest BCUT2D eigenvalue weighted by molar-refractivity contribution is 6.07. The third-order valence-electron chi connectivity index (χ3n) is 6.37. The lowest BCUT2D eigenvalue weighted by Crippen LogP contribution is -2.40. The normalized spacial score (nSPS) is 15.6. The lowest BCUT2D eigenvalue weighted by Gasteiger charge is -2.36. The number of pyridine rings is 1. The van der Waals surface area contributed by atoms with Crippen LogP contribution in [0.2, 0.25) is 0 Å². The Labute approximate surface area is 212 Å². The zero-order valence-corrected chi connectivity index (χ0v) is 20.1. The number of methoxy groups -OCH3 is 2. The van der Waals surface area contributed by atoms with Crippen LogP contribution < -0.4 is 10.6 Å². The summed E-state index contributed by atoms with van der Waals surface area (Å²) in [7, 11) is 2.44. The first kappa shape index (κ1) is 23.6. The van der Waals surface area contributed by atoms with Gasteiger partial charge in [0.25, 0.3) is 0 Å². The molecule has 3 aromatic carbocycles. The van der Waals surface area contributed by atoms with Gasteiger partial charge < -0.3 is 15.2 Å². The molecule has 0 aliphatic carbocycles. The van der Waals surface area contributed by atoms with E-state index in [1.54, 1.807) is 42.5 Å². The fraction of sp³-hybridized carbons (Fsp3) is 0.103. The van der Waals surface area contributed by atoms with Gasteiger partial charge in [-0.25, -0.2) is 14.6 Å². The van der Waals surface area contributed by atoms with Crippen molar-refractivity contribution in [1.29, 1.82) is 5.26 Å². The molecule has 0 saturated heterocycles. The number of hydrogen-bond donors (Lipinski definition) is 1. The van der Waals surface area contributed by atoms with E-state index in [9.17, 15) is 14.9 Å². The van der Waals surface area contributed by atoms with Crippen molar-refractivity contribution in [2.45, 2.75) is 5.92 Å². The fourth-order valence-electron chi connectivity index (χ4n) is 4.69. The van der Waals surface area contributed by atoms with Crippen molar-refractivity contribution in [3.8, 4) is 6.07 Å². The number of carbonyl (C=O) groups is 2.